The second-order valence-corrected chi connectivity index (χ2v) is 4.50. The maximum absolute atomic E-state index is 13.4. The summed E-state index contributed by atoms with van der Waals surface area (Å²) < 4.78 is 52.8. The molecular formula is C12H15F4NO2. The third kappa shape index (κ3) is 4.36. The molecule has 3 nitrogen and oxygen atoms in total. The molecule has 19 heavy (non-hydrogen) atoms. The number of hydrogen-bond donors (Lipinski definition) is 2. The SMILES string of the molecule is CC(C)[C@H](O)[C@H](N)c1ccc(OC(F)(F)F)c(F)c1. The summed E-state index contributed by atoms with van der Waals surface area (Å²) in [5.74, 6) is -2.27. The number of hydrogen-bond acceptors (Lipinski definition) is 3. The Bertz CT molecular complexity index is 434. The van der Waals surface area contributed by atoms with Crippen LogP contribution in [0.5, 0.6) is 5.75 Å². The van der Waals surface area contributed by atoms with Gasteiger partial charge in [-0.3, -0.25) is 0 Å². The molecule has 1 aromatic carbocycles. The van der Waals surface area contributed by atoms with Gasteiger partial charge in [-0.25, -0.2) is 4.39 Å². The third-order valence-corrected chi connectivity index (χ3v) is 2.62. The highest BCUT2D eigenvalue weighted by molar-refractivity contribution is 5.31. The van der Waals surface area contributed by atoms with Gasteiger partial charge in [0.2, 0.25) is 0 Å². The van der Waals surface area contributed by atoms with Gasteiger partial charge in [-0.2, -0.15) is 0 Å². The second-order valence-electron chi connectivity index (χ2n) is 4.50. The van der Waals surface area contributed by atoms with Crippen LogP contribution in [0, 0.1) is 11.7 Å². The Balaban J connectivity index is 2.94. The van der Waals surface area contributed by atoms with E-state index < -0.39 is 30.1 Å². The molecule has 1 aromatic rings. The molecule has 0 aliphatic heterocycles. The average Bonchev–Trinajstić information content (AvgIpc) is 2.28. The number of benzene rings is 1. The Morgan fingerprint density at radius 2 is 1.84 bits per heavy atom. The molecule has 0 aliphatic rings. The molecule has 0 radical (unpaired) electrons. The molecule has 2 atom stereocenters. The first kappa shape index (κ1) is 15.7. The summed E-state index contributed by atoms with van der Waals surface area (Å²) in [6, 6.07) is 1.98. The van der Waals surface area contributed by atoms with Crippen molar-refractivity contribution in [3.05, 3.63) is 29.6 Å². The Morgan fingerprint density at radius 1 is 1.26 bits per heavy atom. The molecule has 0 saturated carbocycles. The van der Waals surface area contributed by atoms with Gasteiger partial charge in [-0.1, -0.05) is 19.9 Å². The van der Waals surface area contributed by atoms with Gasteiger partial charge in [0.05, 0.1) is 12.1 Å². The summed E-state index contributed by atoms with van der Waals surface area (Å²) in [6.45, 7) is 3.45. The van der Waals surface area contributed by atoms with E-state index in [1.165, 1.54) is 6.07 Å². The van der Waals surface area contributed by atoms with Gasteiger partial charge >= 0.3 is 6.36 Å². The summed E-state index contributed by atoms with van der Waals surface area (Å²) in [6.07, 6.45) is -5.88. The maximum Gasteiger partial charge on any atom is 0.573 e. The molecule has 7 heteroatoms. The zero-order valence-corrected chi connectivity index (χ0v) is 10.4. The lowest BCUT2D eigenvalue weighted by Crippen LogP contribution is -2.30. The van der Waals surface area contributed by atoms with Crippen LogP contribution in [0.1, 0.15) is 25.5 Å². The van der Waals surface area contributed by atoms with Gasteiger partial charge in [-0.15, -0.1) is 13.2 Å². The summed E-state index contributed by atoms with van der Waals surface area (Å²) in [7, 11) is 0. The summed E-state index contributed by atoms with van der Waals surface area (Å²) >= 11 is 0. The Morgan fingerprint density at radius 3 is 2.26 bits per heavy atom. The Labute approximate surface area is 108 Å². The fourth-order valence-electron chi connectivity index (χ4n) is 1.54. The van der Waals surface area contributed by atoms with E-state index in [4.69, 9.17) is 5.73 Å². The minimum Gasteiger partial charge on any atom is -0.403 e. The number of nitrogens with two attached hydrogens (primary N) is 1. The van der Waals surface area contributed by atoms with Crippen LogP contribution in [0.3, 0.4) is 0 Å². The van der Waals surface area contributed by atoms with Crippen LogP contribution in [-0.2, 0) is 0 Å². The first-order valence-electron chi connectivity index (χ1n) is 5.60. The zero-order valence-electron chi connectivity index (χ0n) is 10.4. The summed E-state index contributed by atoms with van der Waals surface area (Å²) in [5.41, 5.74) is 5.91. The standard InChI is InChI=1S/C12H15F4NO2/c1-6(2)11(18)10(17)7-3-4-9(8(13)5-7)19-12(14,15)16/h3-6,10-11,18H,17H2,1-2H3/t10-,11+/m1/s1. The minimum atomic E-state index is -4.96. The molecule has 0 spiro atoms. The first-order chi connectivity index (χ1) is 8.61. The smallest absolute Gasteiger partial charge is 0.403 e. The highest BCUT2D eigenvalue weighted by atomic mass is 19.4. The molecule has 0 fully saturated rings. The van der Waals surface area contributed by atoms with Gasteiger partial charge in [0, 0.05) is 0 Å². The van der Waals surface area contributed by atoms with Crippen LogP contribution < -0.4 is 10.5 Å². The van der Waals surface area contributed by atoms with Gasteiger partial charge in [0.15, 0.2) is 11.6 Å². The van der Waals surface area contributed by atoms with Gasteiger partial charge in [0.1, 0.15) is 0 Å². The molecule has 0 amide bonds. The number of rotatable bonds is 4. The largest absolute Gasteiger partial charge is 0.573 e. The topological polar surface area (TPSA) is 55.5 Å². The van der Waals surface area contributed by atoms with Gasteiger partial charge in [0.25, 0.3) is 0 Å². The molecule has 0 aliphatic carbocycles. The molecule has 0 aromatic heterocycles. The quantitative estimate of drug-likeness (QED) is 0.834. The van der Waals surface area contributed by atoms with Crippen molar-refractivity contribution < 1.29 is 27.4 Å². The van der Waals surface area contributed by atoms with Crippen molar-refractivity contribution >= 4 is 0 Å². The highest BCUT2D eigenvalue weighted by Crippen LogP contribution is 2.28. The van der Waals surface area contributed by atoms with E-state index >= 15 is 0 Å². The van der Waals surface area contributed by atoms with E-state index in [-0.39, 0.29) is 11.5 Å². The number of alkyl halides is 3. The minimum absolute atomic E-state index is 0.163. The van der Waals surface area contributed by atoms with Crippen molar-refractivity contribution in [3.8, 4) is 5.75 Å². The van der Waals surface area contributed by atoms with Crippen LogP contribution in [0.25, 0.3) is 0 Å². The first-order valence-corrected chi connectivity index (χ1v) is 5.60. The number of halogens is 4. The predicted molar refractivity (Wildman–Crippen MR) is 60.9 cm³/mol. The van der Waals surface area contributed by atoms with Crippen LogP contribution in [-0.4, -0.2) is 17.6 Å². The summed E-state index contributed by atoms with van der Waals surface area (Å²) in [4.78, 5) is 0. The summed E-state index contributed by atoms with van der Waals surface area (Å²) in [5, 5.41) is 9.74. The van der Waals surface area contributed by atoms with Crippen LogP contribution in [0.2, 0.25) is 0 Å². The highest BCUT2D eigenvalue weighted by Gasteiger charge is 2.32. The number of aliphatic hydroxyl groups is 1. The van der Waals surface area contributed by atoms with Crippen molar-refractivity contribution in [1.29, 1.82) is 0 Å². The monoisotopic (exact) mass is 281 g/mol. The fraction of sp³-hybridized carbons (Fsp3) is 0.500. The third-order valence-electron chi connectivity index (χ3n) is 2.62. The molecule has 0 unspecified atom stereocenters. The van der Waals surface area contributed by atoms with E-state index in [0.717, 1.165) is 12.1 Å². The lowest BCUT2D eigenvalue weighted by Gasteiger charge is -2.22. The van der Waals surface area contributed by atoms with Crippen molar-refractivity contribution in [2.45, 2.75) is 32.4 Å². The fourth-order valence-corrected chi connectivity index (χ4v) is 1.54. The van der Waals surface area contributed by atoms with Crippen molar-refractivity contribution in [2.75, 3.05) is 0 Å². The molecule has 1 rings (SSSR count). The lowest BCUT2D eigenvalue weighted by atomic mass is 9.94. The molecule has 0 bridgehead atoms. The maximum atomic E-state index is 13.4. The van der Waals surface area contributed by atoms with Crippen molar-refractivity contribution in [1.82, 2.24) is 0 Å². The normalized spacial score (nSPS) is 15.4. The zero-order chi connectivity index (χ0) is 14.8. The van der Waals surface area contributed by atoms with E-state index in [1.807, 2.05) is 0 Å². The molecular weight excluding hydrogens is 266 g/mol. The van der Waals surface area contributed by atoms with Crippen molar-refractivity contribution in [2.24, 2.45) is 11.7 Å². The number of ether oxygens (including phenoxy) is 1. The number of aliphatic hydroxyl groups excluding tert-OH is 1. The Hall–Kier alpha value is -1.34. The van der Waals surface area contributed by atoms with E-state index in [2.05, 4.69) is 4.74 Å². The van der Waals surface area contributed by atoms with E-state index in [1.54, 1.807) is 13.8 Å². The van der Waals surface area contributed by atoms with Gasteiger partial charge < -0.3 is 15.6 Å². The molecule has 108 valence electrons. The van der Waals surface area contributed by atoms with Crippen molar-refractivity contribution in [3.63, 3.8) is 0 Å². The van der Waals surface area contributed by atoms with Crippen LogP contribution in [0.4, 0.5) is 17.6 Å². The van der Waals surface area contributed by atoms with E-state index in [9.17, 15) is 22.7 Å². The van der Waals surface area contributed by atoms with E-state index in [0.29, 0.717) is 0 Å². The molecule has 0 heterocycles. The molecule has 0 saturated heterocycles. The van der Waals surface area contributed by atoms with Gasteiger partial charge in [-0.05, 0) is 23.6 Å². The average molecular weight is 281 g/mol. The lowest BCUT2D eigenvalue weighted by molar-refractivity contribution is -0.275. The Kier molecular flexibility index (Phi) is 4.75. The van der Waals surface area contributed by atoms with Crippen LogP contribution in [0.15, 0.2) is 18.2 Å². The molecule has 3 N–H and O–H groups in total. The predicted octanol–water partition coefficient (Wildman–Crippen LogP) is 2.74. The van der Waals surface area contributed by atoms with Crippen LogP contribution >= 0.6 is 0 Å². The second kappa shape index (κ2) is 5.75.